The van der Waals surface area contributed by atoms with E-state index in [4.69, 9.17) is 4.74 Å². The molecule has 1 aliphatic heterocycles. The van der Waals surface area contributed by atoms with Gasteiger partial charge in [-0.15, -0.1) is 0 Å². The Morgan fingerprint density at radius 3 is 2.42 bits per heavy atom. The maximum absolute atomic E-state index is 12.9. The Hall–Kier alpha value is -3.37. The van der Waals surface area contributed by atoms with Crippen LogP contribution >= 0.6 is 0 Å². The summed E-state index contributed by atoms with van der Waals surface area (Å²) in [6, 6.07) is 1.11. The molecule has 1 unspecified atom stereocenters. The van der Waals surface area contributed by atoms with E-state index in [1.807, 2.05) is 6.92 Å². The monoisotopic (exact) mass is 431 g/mol. The van der Waals surface area contributed by atoms with E-state index in [-0.39, 0.29) is 17.9 Å². The van der Waals surface area contributed by atoms with Crippen LogP contribution in [-0.4, -0.2) is 80.1 Å². The van der Waals surface area contributed by atoms with Gasteiger partial charge in [0.25, 0.3) is 5.91 Å². The van der Waals surface area contributed by atoms with Crippen molar-refractivity contribution in [3.63, 3.8) is 0 Å². The summed E-state index contributed by atoms with van der Waals surface area (Å²) in [7, 11) is 0. The van der Waals surface area contributed by atoms with Gasteiger partial charge in [0, 0.05) is 45.1 Å². The third kappa shape index (κ3) is 5.04. The summed E-state index contributed by atoms with van der Waals surface area (Å²) in [5, 5.41) is 11.4. The number of nitrogens with zero attached hydrogens (tertiary/aromatic N) is 6. The predicted octanol–water partition coefficient (Wildman–Crippen LogP) is 1.52. The molecule has 0 aromatic carbocycles. The third-order valence-corrected chi connectivity index (χ3v) is 5.23. The number of piperazine rings is 1. The van der Waals surface area contributed by atoms with Crippen molar-refractivity contribution in [2.45, 2.75) is 40.3 Å². The molecule has 0 bridgehead atoms. The zero-order valence-electron chi connectivity index (χ0n) is 18.4. The molecular weight excluding hydrogens is 402 g/mol. The maximum atomic E-state index is 12.9. The van der Waals surface area contributed by atoms with E-state index in [1.165, 1.54) is 0 Å². The highest BCUT2D eigenvalue weighted by Crippen LogP contribution is 2.19. The maximum Gasteiger partial charge on any atom is 0.409 e. The fraction of sp³-hybridized carbons (Fsp3) is 0.550. The summed E-state index contributed by atoms with van der Waals surface area (Å²) >= 11 is 0. The number of carbonyl (C=O) groups excluding carboxylic acids is 3. The van der Waals surface area contributed by atoms with Crippen molar-refractivity contribution in [1.82, 2.24) is 29.4 Å². The van der Waals surface area contributed by atoms with Crippen LogP contribution in [0.25, 0.3) is 0 Å². The molecule has 1 atom stereocenters. The molecule has 11 nitrogen and oxygen atoms in total. The molecule has 2 aromatic heterocycles. The Morgan fingerprint density at radius 1 is 1.13 bits per heavy atom. The minimum atomic E-state index is -0.544. The van der Waals surface area contributed by atoms with Gasteiger partial charge in [-0.25, -0.2) is 4.79 Å². The largest absolute Gasteiger partial charge is 0.450 e. The number of carbonyl (C=O) groups is 3. The molecule has 1 aliphatic rings. The molecule has 1 N–H and O–H groups in total. The fourth-order valence-corrected chi connectivity index (χ4v) is 3.35. The van der Waals surface area contributed by atoms with Crippen LogP contribution in [0.15, 0.2) is 18.5 Å². The summed E-state index contributed by atoms with van der Waals surface area (Å²) in [6.45, 7) is 9.98. The molecule has 11 heteroatoms. The van der Waals surface area contributed by atoms with Gasteiger partial charge < -0.3 is 19.9 Å². The van der Waals surface area contributed by atoms with Gasteiger partial charge in [0.2, 0.25) is 5.91 Å². The lowest BCUT2D eigenvalue weighted by Crippen LogP contribution is -2.52. The first kappa shape index (κ1) is 22.3. The second kappa shape index (κ2) is 9.63. The summed E-state index contributed by atoms with van der Waals surface area (Å²) in [6.07, 6.45) is 3.05. The minimum absolute atomic E-state index is 0.0921. The second-order valence-corrected chi connectivity index (χ2v) is 7.31. The minimum Gasteiger partial charge on any atom is -0.450 e. The molecule has 2 aromatic rings. The number of rotatable bonds is 6. The first-order valence-electron chi connectivity index (χ1n) is 10.4. The van der Waals surface area contributed by atoms with E-state index < -0.39 is 6.04 Å². The van der Waals surface area contributed by atoms with Crippen LogP contribution < -0.4 is 5.32 Å². The first-order valence-corrected chi connectivity index (χ1v) is 10.4. The summed E-state index contributed by atoms with van der Waals surface area (Å²) in [4.78, 5) is 40.5. The van der Waals surface area contributed by atoms with Crippen molar-refractivity contribution < 1.29 is 19.1 Å². The molecule has 31 heavy (non-hydrogen) atoms. The van der Waals surface area contributed by atoms with Crippen LogP contribution in [0.5, 0.6) is 0 Å². The summed E-state index contributed by atoms with van der Waals surface area (Å²) in [5.41, 5.74) is 1.45. The lowest BCUT2D eigenvalue weighted by Gasteiger charge is -2.35. The van der Waals surface area contributed by atoms with Crippen molar-refractivity contribution in [1.29, 1.82) is 0 Å². The van der Waals surface area contributed by atoms with Gasteiger partial charge in [-0.3, -0.25) is 19.0 Å². The van der Waals surface area contributed by atoms with Gasteiger partial charge in [0.05, 0.1) is 18.0 Å². The highest BCUT2D eigenvalue weighted by Gasteiger charge is 2.29. The number of hydrogen-bond acceptors (Lipinski definition) is 6. The second-order valence-electron chi connectivity index (χ2n) is 7.31. The number of nitrogens with one attached hydrogen (secondary N) is 1. The Bertz CT molecular complexity index is 943. The third-order valence-electron chi connectivity index (χ3n) is 5.23. The molecule has 3 amide bonds. The first-order chi connectivity index (χ1) is 14.8. The summed E-state index contributed by atoms with van der Waals surface area (Å²) in [5.74, 6) is -0.422. The van der Waals surface area contributed by atoms with Crippen molar-refractivity contribution in [2.75, 3.05) is 38.1 Å². The molecule has 3 rings (SSSR count). The number of amides is 3. The molecule has 0 radical (unpaired) electrons. The number of anilines is 1. The van der Waals surface area contributed by atoms with Crippen LogP contribution in [0.4, 0.5) is 10.5 Å². The number of ether oxygens (including phenoxy) is 1. The molecule has 168 valence electrons. The van der Waals surface area contributed by atoms with Crippen molar-refractivity contribution in [3.05, 3.63) is 29.8 Å². The topological polar surface area (TPSA) is 115 Å². The highest BCUT2D eigenvalue weighted by molar-refractivity contribution is 6.03. The smallest absolute Gasteiger partial charge is 0.409 e. The van der Waals surface area contributed by atoms with E-state index in [2.05, 4.69) is 15.5 Å². The van der Waals surface area contributed by atoms with Crippen LogP contribution in [0.2, 0.25) is 0 Å². The van der Waals surface area contributed by atoms with Crippen molar-refractivity contribution in [2.24, 2.45) is 0 Å². The zero-order chi connectivity index (χ0) is 22.5. The van der Waals surface area contributed by atoms with Crippen LogP contribution in [0, 0.1) is 6.92 Å². The molecule has 0 aliphatic carbocycles. The number of aromatic nitrogens is 4. The summed E-state index contributed by atoms with van der Waals surface area (Å²) < 4.78 is 8.24. The average molecular weight is 431 g/mol. The Labute approximate surface area is 180 Å². The van der Waals surface area contributed by atoms with E-state index in [0.29, 0.717) is 56.4 Å². The Balaban J connectivity index is 1.61. The van der Waals surface area contributed by atoms with Crippen molar-refractivity contribution in [3.8, 4) is 0 Å². The van der Waals surface area contributed by atoms with Gasteiger partial charge in [0.15, 0.2) is 5.69 Å². The van der Waals surface area contributed by atoms with E-state index in [1.54, 1.807) is 58.4 Å². The molecule has 0 saturated carbocycles. The number of hydrogen-bond donors (Lipinski definition) is 1. The highest BCUT2D eigenvalue weighted by atomic mass is 16.6. The normalized spacial score (nSPS) is 15.0. The lowest BCUT2D eigenvalue weighted by atomic mass is 10.2. The van der Waals surface area contributed by atoms with Gasteiger partial charge in [-0.2, -0.15) is 10.2 Å². The van der Waals surface area contributed by atoms with Crippen molar-refractivity contribution >= 4 is 23.6 Å². The van der Waals surface area contributed by atoms with Gasteiger partial charge >= 0.3 is 6.09 Å². The van der Waals surface area contributed by atoms with E-state index in [9.17, 15) is 14.4 Å². The van der Waals surface area contributed by atoms with Crippen LogP contribution in [0.3, 0.4) is 0 Å². The standard InChI is InChI=1S/C20H29N7O4/c1-5-26-8-7-16(23-26)18(28)21-17-13-27(22-14(17)3)15(4)19(29)24-9-11-25(12-10-24)20(30)31-6-2/h7-8,13,15H,5-6,9-12H2,1-4H3,(H,21,28). The predicted molar refractivity (Wildman–Crippen MR) is 113 cm³/mol. The molecular formula is C20H29N7O4. The quantitative estimate of drug-likeness (QED) is 0.742. The molecule has 0 spiro atoms. The fourth-order valence-electron chi connectivity index (χ4n) is 3.35. The van der Waals surface area contributed by atoms with Crippen LogP contribution in [-0.2, 0) is 16.1 Å². The van der Waals surface area contributed by atoms with Gasteiger partial charge in [0.1, 0.15) is 6.04 Å². The SMILES string of the molecule is CCOC(=O)N1CCN(C(=O)C(C)n2cc(NC(=O)c3ccn(CC)n3)c(C)n2)CC1. The Morgan fingerprint density at radius 2 is 1.81 bits per heavy atom. The zero-order valence-corrected chi connectivity index (χ0v) is 18.4. The van der Waals surface area contributed by atoms with E-state index >= 15 is 0 Å². The van der Waals surface area contributed by atoms with Gasteiger partial charge in [-0.05, 0) is 33.8 Å². The number of aryl methyl sites for hydroxylation is 2. The van der Waals surface area contributed by atoms with Crippen LogP contribution in [0.1, 0.15) is 43.0 Å². The average Bonchev–Trinajstić information content (AvgIpc) is 3.40. The molecule has 1 saturated heterocycles. The lowest BCUT2D eigenvalue weighted by molar-refractivity contribution is -0.136. The van der Waals surface area contributed by atoms with Gasteiger partial charge in [-0.1, -0.05) is 0 Å². The molecule has 3 heterocycles. The van der Waals surface area contributed by atoms with E-state index in [0.717, 1.165) is 0 Å². The molecule has 1 fully saturated rings. The Kier molecular flexibility index (Phi) is 6.93.